The van der Waals surface area contributed by atoms with E-state index in [1.807, 2.05) is 12.1 Å². The second kappa shape index (κ2) is 6.37. The van der Waals surface area contributed by atoms with Crippen molar-refractivity contribution in [1.29, 1.82) is 0 Å². The van der Waals surface area contributed by atoms with Crippen LogP contribution in [0.15, 0.2) is 52.0 Å². The first kappa shape index (κ1) is 15.8. The van der Waals surface area contributed by atoms with Gasteiger partial charge in [0, 0.05) is 24.7 Å². The van der Waals surface area contributed by atoms with Crippen LogP contribution in [0, 0.1) is 0 Å². The minimum Gasteiger partial charge on any atom is -0.446 e. The number of amides is 1. The van der Waals surface area contributed by atoms with Crippen molar-refractivity contribution in [2.75, 3.05) is 0 Å². The highest BCUT2D eigenvalue weighted by molar-refractivity contribution is 7.07. The maximum Gasteiger partial charge on any atom is 0.251 e. The van der Waals surface area contributed by atoms with Crippen LogP contribution in [-0.4, -0.2) is 21.8 Å². The number of fused-ring (bicyclic) bond motifs is 1. The zero-order valence-corrected chi connectivity index (χ0v) is 15.0. The number of rotatable bonds is 5. The molecule has 2 aliphatic rings. The highest BCUT2D eigenvalue weighted by atomic mass is 32.1. The smallest absolute Gasteiger partial charge is 0.251 e. The summed E-state index contributed by atoms with van der Waals surface area (Å²) in [6.07, 6.45) is 5.46. The molecule has 1 aliphatic heterocycles. The number of benzene rings is 1. The van der Waals surface area contributed by atoms with Gasteiger partial charge in [0.05, 0.1) is 12.2 Å². The van der Waals surface area contributed by atoms with Crippen LogP contribution >= 0.6 is 11.3 Å². The van der Waals surface area contributed by atoms with Crippen LogP contribution in [0.5, 0.6) is 0 Å². The van der Waals surface area contributed by atoms with Crippen molar-refractivity contribution in [2.24, 2.45) is 0 Å². The molecular weight excluding hydrogens is 346 g/mol. The van der Waals surface area contributed by atoms with E-state index < -0.39 is 0 Å². The first-order valence-corrected chi connectivity index (χ1v) is 9.79. The molecule has 0 saturated heterocycles. The van der Waals surface area contributed by atoms with Gasteiger partial charge in [-0.3, -0.25) is 9.69 Å². The first-order chi connectivity index (χ1) is 12.8. The molecule has 6 heteroatoms. The van der Waals surface area contributed by atoms with E-state index >= 15 is 0 Å². The zero-order valence-electron chi connectivity index (χ0n) is 14.2. The minimum atomic E-state index is 0.0304. The number of hydrogen-bond donors (Lipinski definition) is 1. The number of aromatic nitrogens is 1. The molecule has 1 amide bonds. The number of nitrogens with one attached hydrogen (secondary N) is 1. The lowest BCUT2D eigenvalue weighted by molar-refractivity contribution is 0.0951. The summed E-state index contributed by atoms with van der Waals surface area (Å²) in [5.41, 5.74) is 4.41. The Bertz CT molecular complexity index is 917. The summed E-state index contributed by atoms with van der Waals surface area (Å²) in [4.78, 5) is 18.9. The van der Waals surface area contributed by atoms with Crippen molar-refractivity contribution < 1.29 is 9.21 Å². The third kappa shape index (κ3) is 2.95. The predicted octanol–water partition coefficient (Wildman–Crippen LogP) is 3.73. The van der Waals surface area contributed by atoms with Crippen molar-refractivity contribution >= 4 is 17.2 Å². The highest BCUT2D eigenvalue weighted by Crippen LogP contribution is 2.40. The molecule has 0 spiro atoms. The van der Waals surface area contributed by atoms with E-state index in [1.54, 1.807) is 17.5 Å². The van der Waals surface area contributed by atoms with Gasteiger partial charge in [0.1, 0.15) is 5.76 Å². The van der Waals surface area contributed by atoms with Gasteiger partial charge in [-0.2, -0.15) is 11.3 Å². The van der Waals surface area contributed by atoms with E-state index in [0.29, 0.717) is 6.04 Å². The van der Waals surface area contributed by atoms with Crippen molar-refractivity contribution in [3.8, 4) is 0 Å². The molecule has 5 rings (SSSR count). The molecule has 1 aromatic carbocycles. The number of carbonyl (C=O) groups excluding carboxylic acids is 1. The molecule has 0 bridgehead atoms. The van der Waals surface area contributed by atoms with Crippen molar-refractivity contribution in [3.05, 3.63) is 75.6 Å². The van der Waals surface area contributed by atoms with Gasteiger partial charge >= 0.3 is 0 Å². The molecule has 5 nitrogen and oxygen atoms in total. The summed E-state index contributed by atoms with van der Waals surface area (Å²) in [5.74, 6) is 0.872. The number of nitrogens with zero attached hydrogens (tertiary/aromatic N) is 2. The third-order valence-corrected chi connectivity index (χ3v) is 5.77. The Morgan fingerprint density at radius 3 is 3.00 bits per heavy atom. The molecule has 2 aromatic heterocycles. The maximum atomic E-state index is 12.4. The van der Waals surface area contributed by atoms with Crippen LogP contribution in [0.4, 0.5) is 0 Å². The van der Waals surface area contributed by atoms with E-state index in [0.717, 1.165) is 37.3 Å². The fraction of sp³-hybridized carbons (Fsp3) is 0.300. The molecule has 1 atom stereocenters. The molecule has 1 N–H and O–H groups in total. The Morgan fingerprint density at radius 2 is 2.27 bits per heavy atom. The van der Waals surface area contributed by atoms with Crippen LogP contribution in [-0.2, 0) is 13.1 Å². The molecule has 1 aliphatic carbocycles. The summed E-state index contributed by atoms with van der Waals surface area (Å²) >= 11 is 1.71. The van der Waals surface area contributed by atoms with Crippen LogP contribution in [0.25, 0.3) is 0 Å². The Balaban J connectivity index is 1.46. The lowest BCUT2D eigenvalue weighted by atomic mass is 10.0. The molecule has 0 radical (unpaired) electrons. The topological polar surface area (TPSA) is 58.4 Å². The Labute approximate surface area is 155 Å². The SMILES string of the molecule is O=C(NC1CC1)c1ccc2c(c1)CN(Cc1ccsc1)C2c1cnco1. The summed E-state index contributed by atoms with van der Waals surface area (Å²) in [5, 5.41) is 7.34. The van der Waals surface area contributed by atoms with Gasteiger partial charge in [-0.05, 0) is 58.5 Å². The lowest BCUT2D eigenvalue weighted by Gasteiger charge is -2.22. The van der Waals surface area contributed by atoms with Gasteiger partial charge in [0.25, 0.3) is 5.91 Å². The fourth-order valence-electron chi connectivity index (χ4n) is 3.61. The maximum absolute atomic E-state index is 12.4. The van der Waals surface area contributed by atoms with E-state index in [4.69, 9.17) is 4.42 Å². The molecule has 132 valence electrons. The van der Waals surface area contributed by atoms with Gasteiger partial charge in [-0.15, -0.1) is 0 Å². The van der Waals surface area contributed by atoms with Crippen LogP contribution in [0.2, 0.25) is 0 Å². The minimum absolute atomic E-state index is 0.0304. The van der Waals surface area contributed by atoms with Gasteiger partial charge in [-0.25, -0.2) is 4.98 Å². The molecule has 1 fully saturated rings. The van der Waals surface area contributed by atoms with Gasteiger partial charge in [0.2, 0.25) is 0 Å². The van der Waals surface area contributed by atoms with Gasteiger partial charge in [-0.1, -0.05) is 6.07 Å². The second-order valence-electron chi connectivity index (χ2n) is 7.00. The average Bonchev–Trinajstić information content (AvgIpc) is 3.08. The fourth-order valence-corrected chi connectivity index (χ4v) is 4.27. The summed E-state index contributed by atoms with van der Waals surface area (Å²) in [6, 6.07) is 8.58. The number of hydrogen-bond acceptors (Lipinski definition) is 5. The highest BCUT2D eigenvalue weighted by Gasteiger charge is 2.34. The largest absolute Gasteiger partial charge is 0.446 e. The third-order valence-electron chi connectivity index (χ3n) is 5.04. The Kier molecular flexibility index (Phi) is 3.87. The average molecular weight is 365 g/mol. The molecule has 1 unspecified atom stereocenters. The zero-order chi connectivity index (χ0) is 17.5. The van der Waals surface area contributed by atoms with Crippen molar-refractivity contribution in [3.63, 3.8) is 0 Å². The van der Waals surface area contributed by atoms with E-state index in [2.05, 4.69) is 38.1 Å². The number of carbonyl (C=O) groups is 1. The van der Waals surface area contributed by atoms with E-state index in [1.165, 1.54) is 23.1 Å². The number of oxazole rings is 1. The second-order valence-corrected chi connectivity index (χ2v) is 7.78. The first-order valence-electron chi connectivity index (χ1n) is 8.85. The van der Waals surface area contributed by atoms with Gasteiger partial charge < -0.3 is 9.73 Å². The van der Waals surface area contributed by atoms with Crippen LogP contribution < -0.4 is 5.32 Å². The molecule has 26 heavy (non-hydrogen) atoms. The predicted molar refractivity (Wildman–Crippen MR) is 98.8 cm³/mol. The number of thiophene rings is 1. The lowest BCUT2D eigenvalue weighted by Crippen LogP contribution is -2.25. The van der Waals surface area contributed by atoms with Crippen LogP contribution in [0.3, 0.4) is 0 Å². The monoisotopic (exact) mass is 365 g/mol. The van der Waals surface area contributed by atoms with Crippen LogP contribution in [0.1, 0.15) is 51.7 Å². The van der Waals surface area contributed by atoms with Crippen molar-refractivity contribution in [2.45, 2.75) is 38.0 Å². The Hall–Kier alpha value is -2.44. The van der Waals surface area contributed by atoms with E-state index in [9.17, 15) is 4.79 Å². The van der Waals surface area contributed by atoms with E-state index in [-0.39, 0.29) is 11.9 Å². The standard InChI is InChI=1S/C20H19N3O2S/c24-20(22-16-2-3-16)14-1-4-17-15(7-14)10-23(9-13-5-6-26-11-13)19(17)18-8-21-12-25-18/h1,4-8,11-12,16,19H,2-3,9-10H2,(H,22,24). The van der Waals surface area contributed by atoms with Gasteiger partial charge in [0.15, 0.2) is 6.39 Å². The molecular formula is C20H19N3O2S. The quantitative estimate of drug-likeness (QED) is 0.748. The molecule has 1 saturated carbocycles. The summed E-state index contributed by atoms with van der Waals surface area (Å²) in [7, 11) is 0. The summed E-state index contributed by atoms with van der Waals surface area (Å²) < 4.78 is 5.63. The normalized spacial score (nSPS) is 19.5. The Morgan fingerprint density at radius 1 is 1.35 bits per heavy atom. The molecule has 3 heterocycles. The van der Waals surface area contributed by atoms with Crippen molar-refractivity contribution in [1.82, 2.24) is 15.2 Å². The molecule has 3 aromatic rings. The summed E-state index contributed by atoms with van der Waals surface area (Å²) in [6.45, 7) is 1.63.